The van der Waals surface area contributed by atoms with Crippen LogP contribution in [0.4, 0.5) is 24.5 Å². The van der Waals surface area contributed by atoms with Crippen molar-refractivity contribution in [1.29, 1.82) is 0 Å². The highest BCUT2D eigenvalue weighted by Crippen LogP contribution is 2.37. The van der Waals surface area contributed by atoms with Gasteiger partial charge in [-0.25, -0.2) is 0 Å². The minimum Gasteiger partial charge on any atom is -0.497 e. The first-order valence-electron chi connectivity index (χ1n) is 10.6. The predicted molar refractivity (Wildman–Crippen MR) is 119 cm³/mol. The molecule has 1 N–H and O–H groups in total. The molecule has 3 rings (SSSR count). The van der Waals surface area contributed by atoms with E-state index in [1.807, 2.05) is 24.3 Å². The number of benzene rings is 2. The van der Waals surface area contributed by atoms with E-state index in [1.54, 1.807) is 12.0 Å². The maximum Gasteiger partial charge on any atom is 0.416 e. The van der Waals surface area contributed by atoms with Gasteiger partial charge in [0.2, 0.25) is 0 Å². The van der Waals surface area contributed by atoms with Crippen LogP contribution in [0.5, 0.6) is 5.75 Å². The Bertz CT molecular complexity index is 964. The van der Waals surface area contributed by atoms with Gasteiger partial charge in [0.25, 0.3) is 5.69 Å². The first kappa shape index (κ1) is 24.8. The van der Waals surface area contributed by atoms with Gasteiger partial charge in [-0.3, -0.25) is 10.1 Å². The monoisotopic (exact) mass is 467 g/mol. The van der Waals surface area contributed by atoms with E-state index in [2.05, 4.69) is 19.2 Å². The third-order valence-electron chi connectivity index (χ3n) is 5.59. The normalized spacial score (nSPS) is 17.2. The van der Waals surface area contributed by atoms with Gasteiger partial charge < -0.3 is 19.7 Å². The molecule has 7 nitrogen and oxygen atoms in total. The lowest BCUT2D eigenvalue weighted by Gasteiger charge is -2.36. The zero-order valence-corrected chi connectivity index (χ0v) is 18.8. The molecule has 0 radical (unpaired) electrons. The van der Waals surface area contributed by atoms with E-state index in [1.165, 1.54) is 6.07 Å². The highest BCUT2D eigenvalue weighted by Gasteiger charge is 2.34. The number of rotatable bonds is 8. The standard InChI is InChI=1S/C23H28F3N3O4/c1-22(2,13-16-4-7-18(32-3)8-5-16)27-14-19-15-28(10-11-33-19)20-9-6-17(23(24,25)26)12-21(20)29(30)31/h4-9,12,19,27H,10-11,13-15H2,1-3H3. The molecule has 180 valence electrons. The molecule has 1 heterocycles. The molecule has 0 amide bonds. The average molecular weight is 467 g/mol. The first-order valence-corrected chi connectivity index (χ1v) is 10.6. The molecule has 0 aliphatic carbocycles. The van der Waals surface area contributed by atoms with Crippen LogP contribution in [0.3, 0.4) is 0 Å². The number of nitro benzene ring substituents is 1. The lowest BCUT2D eigenvalue weighted by atomic mass is 9.94. The summed E-state index contributed by atoms with van der Waals surface area (Å²) >= 11 is 0. The SMILES string of the molecule is COc1ccc(CC(C)(C)NCC2CN(c3ccc(C(F)(F)F)cc3[N+](=O)[O-])CCO2)cc1. The van der Waals surface area contributed by atoms with Crippen LogP contribution in [-0.4, -0.2) is 49.9 Å². The molecule has 1 unspecified atom stereocenters. The third kappa shape index (κ3) is 6.58. The zero-order valence-electron chi connectivity index (χ0n) is 18.8. The lowest BCUT2D eigenvalue weighted by molar-refractivity contribution is -0.384. The number of morpholine rings is 1. The summed E-state index contributed by atoms with van der Waals surface area (Å²) in [6.45, 7) is 5.64. The predicted octanol–water partition coefficient (Wildman–Crippen LogP) is 4.44. The Morgan fingerprint density at radius 2 is 1.91 bits per heavy atom. The molecule has 0 spiro atoms. The number of halogens is 3. The topological polar surface area (TPSA) is 76.9 Å². The highest BCUT2D eigenvalue weighted by molar-refractivity contribution is 5.65. The molecule has 2 aromatic rings. The molecule has 10 heteroatoms. The highest BCUT2D eigenvalue weighted by atomic mass is 19.4. The number of anilines is 1. The summed E-state index contributed by atoms with van der Waals surface area (Å²) in [5.74, 6) is 0.789. The van der Waals surface area contributed by atoms with E-state index in [4.69, 9.17) is 9.47 Å². The van der Waals surface area contributed by atoms with Gasteiger partial charge in [-0.05, 0) is 50.1 Å². The van der Waals surface area contributed by atoms with Gasteiger partial charge in [0, 0.05) is 31.2 Å². The summed E-state index contributed by atoms with van der Waals surface area (Å²) in [6, 6.07) is 10.5. The zero-order chi connectivity index (χ0) is 24.2. The van der Waals surface area contributed by atoms with Gasteiger partial charge in [-0.15, -0.1) is 0 Å². The van der Waals surface area contributed by atoms with Crippen LogP contribution >= 0.6 is 0 Å². The Morgan fingerprint density at radius 3 is 2.52 bits per heavy atom. The van der Waals surface area contributed by atoms with E-state index in [-0.39, 0.29) is 17.3 Å². The molecule has 1 atom stereocenters. The number of hydrogen-bond donors (Lipinski definition) is 1. The van der Waals surface area contributed by atoms with E-state index >= 15 is 0 Å². The van der Waals surface area contributed by atoms with E-state index in [9.17, 15) is 23.3 Å². The number of alkyl halides is 3. The van der Waals surface area contributed by atoms with Crippen molar-refractivity contribution in [3.05, 3.63) is 63.7 Å². The quantitative estimate of drug-likeness (QED) is 0.457. The second kappa shape index (κ2) is 9.96. The minimum atomic E-state index is -4.64. The first-order chi connectivity index (χ1) is 15.5. The molecule has 0 saturated carbocycles. The number of methoxy groups -OCH3 is 1. The fourth-order valence-corrected chi connectivity index (χ4v) is 3.88. The van der Waals surface area contributed by atoms with Crippen molar-refractivity contribution in [2.45, 2.75) is 38.1 Å². The number of nitro groups is 1. The Hall–Kier alpha value is -2.85. The number of nitrogens with zero attached hydrogens (tertiary/aromatic N) is 2. The van der Waals surface area contributed by atoms with E-state index in [0.717, 1.165) is 23.8 Å². The Kier molecular flexibility index (Phi) is 7.48. The lowest BCUT2D eigenvalue weighted by Crippen LogP contribution is -2.51. The van der Waals surface area contributed by atoms with Crippen LogP contribution < -0.4 is 15.0 Å². The van der Waals surface area contributed by atoms with Crippen molar-refractivity contribution in [1.82, 2.24) is 5.32 Å². The summed E-state index contributed by atoms with van der Waals surface area (Å²) in [4.78, 5) is 12.4. The van der Waals surface area contributed by atoms with Crippen molar-refractivity contribution in [2.75, 3.05) is 38.3 Å². The van der Waals surface area contributed by atoms with Crippen molar-refractivity contribution >= 4 is 11.4 Å². The van der Waals surface area contributed by atoms with Crippen LogP contribution in [0.1, 0.15) is 25.0 Å². The molecule has 0 aromatic heterocycles. The van der Waals surface area contributed by atoms with Crippen molar-refractivity contribution in [3.63, 3.8) is 0 Å². The molecule has 2 aromatic carbocycles. The summed E-state index contributed by atoms with van der Waals surface area (Å²) in [6.07, 6.45) is -4.15. The number of nitrogens with one attached hydrogen (secondary N) is 1. The van der Waals surface area contributed by atoms with Gasteiger partial charge in [0.05, 0.1) is 30.3 Å². The van der Waals surface area contributed by atoms with Crippen molar-refractivity contribution < 1.29 is 27.6 Å². The van der Waals surface area contributed by atoms with Crippen LogP contribution in [0, 0.1) is 10.1 Å². The molecular weight excluding hydrogens is 439 g/mol. The molecule has 1 saturated heterocycles. The molecule has 33 heavy (non-hydrogen) atoms. The van der Waals surface area contributed by atoms with Crippen LogP contribution in [-0.2, 0) is 17.3 Å². The Morgan fingerprint density at radius 1 is 1.21 bits per heavy atom. The van der Waals surface area contributed by atoms with Crippen molar-refractivity contribution in [3.8, 4) is 5.75 Å². The fourth-order valence-electron chi connectivity index (χ4n) is 3.88. The van der Waals surface area contributed by atoms with Gasteiger partial charge in [-0.1, -0.05) is 12.1 Å². The largest absolute Gasteiger partial charge is 0.497 e. The molecule has 0 bridgehead atoms. The van der Waals surface area contributed by atoms with Crippen LogP contribution in [0.15, 0.2) is 42.5 Å². The van der Waals surface area contributed by atoms with Gasteiger partial charge in [-0.2, -0.15) is 13.2 Å². The second-order valence-electron chi connectivity index (χ2n) is 8.69. The van der Waals surface area contributed by atoms with E-state index < -0.39 is 22.4 Å². The second-order valence-corrected chi connectivity index (χ2v) is 8.69. The fraction of sp³-hybridized carbons (Fsp3) is 0.478. The van der Waals surface area contributed by atoms with Gasteiger partial charge in [0.15, 0.2) is 0 Å². The molecule has 1 aliphatic heterocycles. The van der Waals surface area contributed by atoms with Crippen molar-refractivity contribution in [2.24, 2.45) is 0 Å². The maximum absolute atomic E-state index is 13.0. The van der Waals surface area contributed by atoms with Gasteiger partial charge in [0.1, 0.15) is 11.4 Å². The summed E-state index contributed by atoms with van der Waals surface area (Å²) < 4.78 is 50.0. The average Bonchev–Trinajstić information content (AvgIpc) is 2.77. The van der Waals surface area contributed by atoms with Crippen LogP contribution in [0.2, 0.25) is 0 Å². The summed E-state index contributed by atoms with van der Waals surface area (Å²) in [5.41, 5.74) is -0.540. The summed E-state index contributed by atoms with van der Waals surface area (Å²) in [5, 5.41) is 14.9. The van der Waals surface area contributed by atoms with Gasteiger partial charge >= 0.3 is 6.18 Å². The van der Waals surface area contributed by atoms with E-state index in [0.29, 0.717) is 32.3 Å². The van der Waals surface area contributed by atoms with Crippen LogP contribution in [0.25, 0.3) is 0 Å². The molecule has 1 aliphatic rings. The Balaban J connectivity index is 1.65. The molecule has 1 fully saturated rings. The minimum absolute atomic E-state index is 0.166. The number of ether oxygens (including phenoxy) is 2. The number of hydrogen-bond acceptors (Lipinski definition) is 6. The summed E-state index contributed by atoms with van der Waals surface area (Å²) in [7, 11) is 1.62. The third-order valence-corrected chi connectivity index (χ3v) is 5.59. The molecular formula is C23H28F3N3O4. The Labute approximate surface area is 190 Å². The smallest absolute Gasteiger partial charge is 0.416 e. The maximum atomic E-state index is 13.0.